The molecule has 0 aromatic heterocycles. The van der Waals surface area contributed by atoms with Crippen molar-refractivity contribution in [1.82, 2.24) is 5.32 Å². The average Bonchev–Trinajstić information content (AvgIpc) is 2.26. The summed E-state index contributed by atoms with van der Waals surface area (Å²) in [5.41, 5.74) is 0.0934. The van der Waals surface area contributed by atoms with Crippen LogP contribution in [0.3, 0.4) is 0 Å². The van der Waals surface area contributed by atoms with Gasteiger partial charge in [-0.15, -0.1) is 0 Å². The molecule has 0 bridgehead atoms. The second-order valence-corrected chi connectivity index (χ2v) is 4.41. The summed E-state index contributed by atoms with van der Waals surface area (Å²) in [5.74, 6) is -0.836. The molecular formula is C12H16ClNO2. The van der Waals surface area contributed by atoms with Crippen molar-refractivity contribution < 1.29 is 9.90 Å². The van der Waals surface area contributed by atoms with E-state index in [1.807, 2.05) is 25.1 Å². The fraction of sp³-hybridized carbons (Fsp3) is 0.417. The molecule has 1 unspecified atom stereocenters. The molecule has 1 atom stereocenters. The van der Waals surface area contributed by atoms with Gasteiger partial charge in [-0.05, 0) is 31.0 Å². The Bertz CT molecular complexity index is 381. The van der Waals surface area contributed by atoms with E-state index >= 15 is 0 Å². The Labute approximate surface area is 100 Å². The van der Waals surface area contributed by atoms with Crippen LogP contribution in [0.5, 0.6) is 0 Å². The maximum absolute atomic E-state index is 11.1. The van der Waals surface area contributed by atoms with Crippen molar-refractivity contribution in [2.24, 2.45) is 0 Å². The molecule has 0 fully saturated rings. The molecule has 3 nitrogen and oxygen atoms in total. The lowest BCUT2D eigenvalue weighted by atomic mass is 9.99. The zero-order chi connectivity index (χ0) is 12.2. The number of carbonyl (C=O) groups is 1. The summed E-state index contributed by atoms with van der Waals surface area (Å²) < 4.78 is 0. The Kier molecular flexibility index (Phi) is 4.33. The monoisotopic (exact) mass is 241 g/mol. The first-order valence-corrected chi connectivity index (χ1v) is 5.58. The highest BCUT2D eigenvalue weighted by Crippen LogP contribution is 2.14. The maximum atomic E-state index is 11.1. The molecule has 1 aromatic rings. The Morgan fingerprint density at radius 2 is 2.25 bits per heavy atom. The van der Waals surface area contributed by atoms with E-state index in [4.69, 9.17) is 16.7 Å². The molecule has 0 spiro atoms. The van der Waals surface area contributed by atoms with Gasteiger partial charge >= 0.3 is 5.97 Å². The number of rotatable bonds is 5. The van der Waals surface area contributed by atoms with Gasteiger partial charge in [0.25, 0.3) is 0 Å². The fourth-order valence-corrected chi connectivity index (χ4v) is 1.51. The predicted molar refractivity (Wildman–Crippen MR) is 64.6 cm³/mol. The molecule has 0 saturated heterocycles. The molecule has 1 aromatic carbocycles. The van der Waals surface area contributed by atoms with Crippen molar-refractivity contribution in [3.63, 3.8) is 0 Å². The van der Waals surface area contributed by atoms with Gasteiger partial charge in [-0.25, -0.2) is 0 Å². The predicted octanol–water partition coefficient (Wildman–Crippen LogP) is 2.68. The van der Waals surface area contributed by atoms with Crippen molar-refractivity contribution in [3.8, 4) is 0 Å². The Morgan fingerprint density at radius 3 is 2.75 bits per heavy atom. The second-order valence-electron chi connectivity index (χ2n) is 3.97. The second kappa shape index (κ2) is 5.32. The number of hydrogen-bond acceptors (Lipinski definition) is 2. The Morgan fingerprint density at radius 1 is 1.56 bits per heavy atom. The summed E-state index contributed by atoms with van der Waals surface area (Å²) in [6.07, 6.45) is 0.531. The van der Waals surface area contributed by atoms with Gasteiger partial charge in [-0.1, -0.05) is 30.7 Å². The van der Waals surface area contributed by atoms with Crippen LogP contribution in [0.25, 0.3) is 0 Å². The van der Waals surface area contributed by atoms with Gasteiger partial charge < -0.3 is 5.11 Å². The summed E-state index contributed by atoms with van der Waals surface area (Å²) in [7, 11) is 0. The van der Waals surface area contributed by atoms with Crippen molar-refractivity contribution in [3.05, 3.63) is 34.9 Å². The molecule has 0 aliphatic heterocycles. The van der Waals surface area contributed by atoms with Gasteiger partial charge in [-0.3, -0.25) is 10.1 Å². The van der Waals surface area contributed by atoms with Gasteiger partial charge in [0.1, 0.15) is 5.54 Å². The highest BCUT2D eigenvalue weighted by atomic mass is 35.5. The third-order valence-corrected chi connectivity index (χ3v) is 2.99. The number of nitrogens with one attached hydrogen (secondary N) is 1. The number of halogens is 1. The minimum Gasteiger partial charge on any atom is -0.480 e. The van der Waals surface area contributed by atoms with E-state index in [9.17, 15) is 4.79 Å². The average molecular weight is 242 g/mol. The first kappa shape index (κ1) is 13.0. The van der Waals surface area contributed by atoms with Crippen molar-refractivity contribution >= 4 is 17.6 Å². The largest absolute Gasteiger partial charge is 0.480 e. The van der Waals surface area contributed by atoms with Gasteiger partial charge in [0.15, 0.2) is 0 Å². The van der Waals surface area contributed by atoms with Gasteiger partial charge in [0.05, 0.1) is 0 Å². The smallest absolute Gasteiger partial charge is 0.323 e. The zero-order valence-corrected chi connectivity index (χ0v) is 10.2. The summed E-state index contributed by atoms with van der Waals surface area (Å²) in [4.78, 5) is 11.1. The van der Waals surface area contributed by atoms with E-state index in [-0.39, 0.29) is 0 Å². The van der Waals surface area contributed by atoms with E-state index in [0.717, 1.165) is 5.56 Å². The van der Waals surface area contributed by atoms with Crippen molar-refractivity contribution in [2.45, 2.75) is 32.4 Å². The molecule has 4 heteroatoms. The number of carboxylic acid groups (broad SMARTS) is 1. The minimum atomic E-state index is -0.887. The summed E-state index contributed by atoms with van der Waals surface area (Å²) in [6, 6.07) is 7.38. The van der Waals surface area contributed by atoms with Gasteiger partial charge in [0, 0.05) is 11.6 Å². The van der Waals surface area contributed by atoms with Crippen LogP contribution in [0.4, 0.5) is 0 Å². The van der Waals surface area contributed by atoms with Crippen LogP contribution in [0.1, 0.15) is 25.8 Å². The molecule has 0 heterocycles. The Balaban J connectivity index is 2.66. The van der Waals surface area contributed by atoms with E-state index in [1.54, 1.807) is 13.0 Å². The number of aliphatic carboxylic acids is 1. The number of carboxylic acids is 1. The number of benzene rings is 1. The highest BCUT2D eigenvalue weighted by Gasteiger charge is 2.29. The molecule has 0 aliphatic carbocycles. The molecule has 0 amide bonds. The van der Waals surface area contributed by atoms with Gasteiger partial charge in [-0.2, -0.15) is 0 Å². The normalized spacial score (nSPS) is 14.4. The topological polar surface area (TPSA) is 49.3 Å². The summed E-state index contributed by atoms with van der Waals surface area (Å²) in [6.45, 7) is 4.02. The first-order chi connectivity index (χ1) is 7.48. The molecule has 0 saturated carbocycles. The first-order valence-electron chi connectivity index (χ1n) is 5.21. The lowest BCUT2D eigenvalue weighted by Crippen LogP contribution is -2.48. The van der Waals surface area contributed by atoms with Gasteiger partial charge in [0.2, 0.25) is 0 Å². The molecule has 1 rings (SSSR count). The molecule has 16 heavy (non-hydrogen) atoms. The van der Waals surface area contributed by atoms with Crippen LogP contribution in [-0.4, -0.2) is 16.6 Å². The Hall–Kier alpha value is -1.06. The van der Waals surface area contributed by atoms with Crippen LogP contribution in [-0.2, 0) is 11.3 Å². The molecule has 0 radical (unpaired) electrons. The summed E-state index contributed by atoms with van der Waals surface area (Å²) in [5, 5.41) is 12.8. The van der Waals surface area contributed by atoms with E-state index in [2.05, 4.69) is 5.32 Å². The summed E-state index contributed by atoms with van der Waals surface area (Å²) >= 11 is 5.85. The quantitative estimate of drug-likeness (QED) is 0.833. The SMILES string of the molecule is CCC(C)(NCc1cccc(Cl)c1)C(=O)O. The van der Waals surface area contributed by atoms with Crippen molar-refractivity contribution in [2.75, 3.05) is 0 Å². The third kappa shape index (κ3) is 3.22. The standard InChI is InChI=1S/C12H16ClNO2/c1-3-12(2,11(15)16)14-8-9-5-4-6-10(13)7-9/h4-7,14H,3,8H2,1-2H3,(H,15,16). The number of hydrogen-bond donors (Lipinski definition) is 2. The third-order valence-electron chi connectivity index (χ3n) is 2.75. The molecule has 88 valence electrons. The lowest BCUT2D eigenvalue weighted by Gasteiger charge is -2.24. The molecular weight excluding hydrogens is 226 g/mol. The van der Waals surface area contributed by atoms with E-state index < -0.39 is 11.5 Å². The van der Waals surface area contributed by atoms with Crippen LogP contribution < -0.4 is 5.32 Å². The zero-order valence-electron chi connectivity index (χ0n) is 9.46. The van der Waals surface area contributed by atoms with Crippen molar-refractivity contribution in [1.29, 1.82) is 0 Å². The van der Waals surface area contributed by atoms with Crippen LogP contribution in [0, 0.1) is 0 Å². The lowest BCUT2D eigenvalue weighted by molar-refractivity contribution is -0.144. The highest BCUT2D eigenvalue weighted by molar-refractivity contribution is 6.30. The molecule has 2 N–H and O–H groups in total. The van der Waals surface area contributed by atoms with E-state index in [0.29, 0.717) is 18.0 Å². The fourth-order valence-electron chi connectivity index (χ4n) is 1.30. The van der Waals surface area contributed by atoms with E-state index in [1.165, 1.54) is 0 Å². The minimum absolute atomic E-state index is 0.497. The van der Waals surface area contributed by atoms with Crippen LogP contribution >= 0.6 is 11.6 Å². The van der Waals surface area contributed by atoms with Crippen LogP contribution in [0.2, 0.25) is 5.02 Å². The molecule has 0 aliphatic rings. The maximum Gasteiger partial charge on any atom is 0.323 e. The van der Waals surface area contributed by atoms with Crippen LogP contribution in [0.15, 0.2) is 24.3 Å².